The molecule has 4 aromatic rings. The molecule has 4 heteroatoms. The molecule has 3 nitrogen and oxygen atoms in total. The fourth-order valence-corrected chi connectivity index (χ4v) is 4.95. The topological polar surface area (TPSA) is 50.2 Å². The Balaban J connectivity index is 0.000000282. The third-order valence-electron chi connectivity index (χ3n) is 7.16. The molecule has 1 aromatic heterocycles. The summed E-state index contributed by atoms with van der Waals surface area (Å²) in [5, 5.41) is 14.7. The van der Waals surface area contributed by atoms with E-state index in [0.717, 1.165) is 42.5 Å². The molecular weight excluding hydrogens is 647 g/mol. The number of hydrogen-bond acceptors (Lipinski definition) is 3. The van der Waals surface area contributed by atoms with E-state index in [1.807, 2.05) is 33.9 Å². The van der Waals surface area contributed by atoms with Crippen LogP contribution in [0.2, 0.25) is 0 Å². The van der Waals surface area contributed by atoms with Gasteiger partial charge in [0.1, 0.15) is 0 Å². The van der Waals surface area contributed by atoms with E-state index in [0.29, 0.717) is 0 Å². The van der Waals surface area contributed by atoms with Gasteiger partial charge in [-0.05, 0) is 59.0 Å². The van der Waals surface area contributed by atoms with E-state index in [-0.39, 0.29) is 43.5 Å². The van der Waals surface area contributed by atoms with Crippen molar-refractivity contribution in [2.45, 2.75) is 67.2 Å². The number of rotatable bonds is 8. The van der Waals surface area contributed by atoms with Gasteiger partial charge < -0.3 is 10.1 Å². The Kier molecular flexibility index (Phi) is 12.4. The molecule has 0 aliphatic rings. The van der Waals surface area contributed by atoms with Crippen molar-refractivity contribution in [2.75, 3.05) is 0 Å². The minimum atomic E-state index is 0. The SMILES string of the molecule is CCC(CC)C(=O)/C=C(\O)C(CC)CC.Cc1[c-]c(-c2nccc3c2ccc2ccccc23)cc(C)c1.[Ir]. The second-order valence-corrected chi connectivity index (χ2v) is 9.79. The van der Waals surface area contributed by atoms with Crippen LogP contribution in [0.15, 0.2) is 72.6 Å². The molecule has 0 aliphatic heterocycles. The zero-order valence-corrected chi connectivity index (χ0v) is 25.9. The van der Waals surface area contributed by atoms with Crippen molar-refractivity contribution >= 4 is 27.3 Å². The van der Waals surface area contributed by atoms with Crippen LogP contribution in [0, 0.1) is 31.7 Å². The Morgan fingerprint density at radius 3 is 2.16 bits per heavy atom. The van der Waals surface area contributed by atoms with E-state index in [1.165, 1.54) is 33.2 Å². The largest absolute Gasteiger partial charge is 0.512 e. The van der Waals surface area contributed by atoms with Crippen molar-refractivity contribution in [1.29, 1.82) is 0 Å². The Morgan fingerprint density at radius 2 is 1.53 bits per heavy atom. The summed E-state index contributed by atoms with van der Waals surface area (Å²) < 4.78 is 0. The van der Waals surface area contributed by atoms with Crippen molar-refractivity contribution in [3.05, 3.63) is 89.8 Å². The third-order valence-corrected chi connectivity index (χ3v) is 7.16. The first-order valence-corrected chi connectivity index (χ1v) is 13.5. The fourth-order valence-electron chi connectivity index (χ4n) is 4.95. The molecule has 0 saturated carbocycles. The van der Waals surface area contributed by atoms with Crippen LogP contribution < -0.4 is 0 Å². The standard InChI is InChI=1S/C21H16N.C13H24O2.Ir/c1-14-11-15(2)13-17(12-14)21-20-8-7-16-5-3-4-6-18(16)19(20)9-10-22-21;1-5-10(6-2)12(14)9-13(15)11(7-3)8-4;/h3-12H,1-2H3;9-11,14H,5-8H2,1-4H3;/q-1;;/b;12-9-;. The number of aryl methyl sites for hydroxylation is 2. The van der Waals surface area contributed by atoms with Crippen LogP contribution in [-0.4, -0.2) is 15.9 Å². The molecule has 203 valence electrons. The smallest absolute Gasteiger partial charge is 0.162 e. The molecule has 0 fully saturated rings. The van der Waals surface area contributed by atoms with Gasteiger partial charge in [0.25, 0.3) is 0 Å². The van der Waals surface area contributed by atoms with Crippen molar-refractivity contribution in [1.82, 2.24) is 4.98 Å². The summed E-state index contributed by atoms with van der Waals surface area (Å²) >= 11 is 0. The minimum Gasteiger partial charge on any atom is -0.512 e. The first-order valence-electron chi connectivity index (χ1n) is 13.5. The van der Waals surface area contributed by atoms with Gasteiger partial charge in [0.05, 0.1) is 5.76 Å². The maximum absolute atomic E-state index is 11.7. The molecule has 0 bridgehead atoms. The van der Waals surface area contributed by atoms with Gasteiger partial charge >= 0.3 is 0 Å². The number of pyridine rings is 1. The Hall–Kier alpha value is -2.81. The molecule has 0 amide bonds. The number of benzene rings is 3. The van der Waals surface area contributed by atoms with Gasteiger partial charge in [-0.2, -0.15) is 0 Å². The zero-order chi connectivity index (χ0) is 26.9. The van der Waals surface area contributed by atoms with Crippen LogP contribution in [0.25, 0.3) is 32.8 Å². The number of carbonyl (C=O) groups excluding carboxylic acids is 1. The van der Waals surface area contributed by atoms with E-state index in [1.54, 1.807) is 0 Å². The summed E-state index contributed by atoms with van der Waals surface area (Å²) in [4.78, 5) is 16.4. The molecule has 0 spiro atoms. The maximum atomic E-state index is 11.7. The van der Waals surface area contributed by atoms with Gasteiger partial charge in [0.15, 0.2) is 5.78 Å². The summed E-state index contributed by atoms with van der Waals surface area (Å²) in [6, 6.07) is 22.7. The van der Waals surface area contributed by atoms with Gasteiger partial charge in [-0.3, -0.25) is 4.79 Å². The quantitative estimate of drug-likeness (QED) is 0.0870. The number of allylic oxidation sites excluding steroid dienone is 2. The maximum Gasteiger partial charge on any atom is 0.162 e. The molecule has 1 radical (unpaired) electrons. The number of ketones is 1. The molecule has 0 unspecified atom stereocenters. The number of aliphatic hydroxyl groups excluding tert-OH is 1. The van der Waals surface area contributed by atoms with Crippen LogP contribution in [0.5, 0.6) is 0 Å². The van der Waals surface area contributed by atoms with Crippen molar-refractivity contribution in [3.8, 4) is 11.3 Å². The Bertz CT molecular complexity index is 1360. The summed E-state index contributed by atoms with van der Waals surface area (Å²) in [5.74, 6) is 0.547. The summed E-state index contributed by atoms with van der Waals surface area (Å²) in [6.07, 6.45) is 6.80. The van der Waals surface area contributed by atoms with Crippen LogP contribution in [0.3, 0.4) is 0 Å². The first kappa shape index (κ1) is 31.4. The molecule has 4 rings (SSSR count). The predicted molar refractivity (Wildman–Crippen MR) is 157 cm³/mol. The van der Waals surface area contributed by atoms with E-state index in [4.69, 9.17) is 0 Å². The van der Waals surface area contributed by atoms with Gasteiger partial charge in [-0.15, -0.1) is 34.9 Å². The average molecular weight is 687 g/mol. The van der Waals surface area contributed by atoms with Gasteiger partial charge in [0.2, 0.25) is 0 Å². The number of hydrogen-bond donors (Lipinski definition) is 1. The van der Waals surface area contributed by atoms with Crippen LogP contribution in [0.4, 0.5) is 0 Å². The summed E-state index contributed by atoms with van der Waals surface area (Å²) in [6.45, 7) is 12.3. The van der Waals surface area contributed by atoms with Crippen LogP contribution >= 0.6 is 0 Å². The average Bonchev–Trinajstić information content (AvgIpc) is 2.89. The van der Waals surface area contributed by atoms with Crippen molar-refractivity contribution in [2.24, 2.45) is 11.8 Å². The monoisotopic (exact) mass is 687 g/mol. The molecule has 1 N–H and O–H groups in total. The first-order chi connectivity index (χ1) is 17.8. The van der Waals surface area contributed by atoms with E-state index < -0.39 is 0 Å². The molecule has 0 atom stereocenters. The van der Waals surface area contributed by atoms with Crippen molar-refractivity contribution < 1.29 is 30.0 Å². The predicted octanol–water partition coefficient (Wildman–Crippen LogP) is 9.34. The number of aromatic nitrogens is 1. The molecular formula is C34H40IrNO2-. The van der Waals surface area contributed by atoms with E-state index >= 15 is 0 Å². The summed E-state index contributed by atoms with van der Waals surface area (Å²) in [7, 11) is 0. The second kappa shape index (κ2) is 15.0. The zero-order valence-electron chi connectivity index (χ0n) is 23.5. The normalized spacial score (nSPS) is 11.4. The Morgan fingerprint density at radius 1 is 0.868 bits per heavy atom. The number of carbonyl (C=O) groups is 1. The second-order valence-electron chi connectivity index (χ2n) is 9.79. The number of nitrogens with zero attached hydrogens (tertiary/aromatic N) is 1. The summed E-state index contributed by atoms with van der Waals surface area (Å²) in [5.41, 5.74) is 4.47. The molecule has 3 aromatic carbocycles. The Labute approximate surface area is 241 Å². The van der Waals surface area contributed by atoms with Crippen LogP contribution in [0.1, 0.15) is 64.5 Å². The van der Waals surface area contributed by atoms with Crippen LogP contribution in [-0.2, 0) is 24.9 Å². The van der Waals surface area contributed by atoms with E-state index in [2.05, 4.69) is 79.5 Å². The number of aliphatic hydroxyl groups is 1. The number of fused-ring (bicyclic) bond motifs is 3. The van der Waals surface area contributed by atoms with E-state index in [9.17, 15) is 9.90 Å². The molecule has 0 saturated heterocycles. The minimum absolute atomic E-state index is 0. The molecule has 1 heterocycles. The molecule has 38 heavy (non-hydrogen) atoms. The van der Waals surface area contributed by atoms with Crippen molar-refractivity contribution in [3.63, 3.8) is 0 Å². The van der Waals surface area contributed by atoms with Gasteiger partial charge in [0, 0.05) is 44.2 Å². The molecule has 0 aliphatic carbocycles. The third kappa shape index (κ3) is 7.62. The van der Waals surface area contributed by atoms with Gasteiger partial charge in [-0.1, -0.05) is 77.9 Å². The fraction of sp³-hybridized carbons (Fsp3) is 0.353. The van der Waals surface area contributed by atoms with Gasteiger partial charge in [-0.25, -0.2) is 0 Å².